The molecule has 0 saturated heterocycles. The summed E-state index contributed by atoms with van der Waals surface area (Å²) in [5.41, 5.74) is 4.91. The summed E-state index contributed by atoms with van der Waals surface area (Å²) in [5, 5.41) is 19.3. The van der Waals surface area contributed by atoms with Crippen LogP contribution in [0.3, 0.4) is 0 Å². The molecule has 0 spiro atoms. The third kappa shape index (κ3) is 6.08. The molecule has 1 aromatic heterocycles. The molecular formula is C9H11N5O8S. The number of carbonyl (C=O) groups excluding carboxylic acids is 2. The van der Waals surface area contributed by atoms with Crippen LogP contribution in [0.1, 0.15) is 20.3 Å². The van der Waals surface area contributed by atoms with E-state index >= 15 is 0 Å². The molecule has 0 saturated carbocycles. The van der Waals surface area contributed by atoms with E-state index in [0.29, 0.717) is 0 Å². The molecule has 0 unspecified atom stereocenters. The molecule has 2 N–H and O–H groups in total. The van der Waals surface area contributed by atoms with Gasteiger partial charge < -0.3 is 20.3 Å². The quantitative estimate of drug-likeness (QED) is 0.413. The average Bonchev–Trinajstić information content (AvgIpc) is 2.94. The number of primary amides is 1. The predicted molar refractivity (Wildman–Crippen MR) is 72.4 cm³/mol. The van der Waals surface area contributed by atoms with Crippen LogP contribution in [0.15, 0.2) is 5.38 Å². The Balaban J connectivity index is 2.74. The van der Waals surface area contributed by atoms with Crippen molar-refractivity contribution < 1.29 is 29.4 Å². The van der Waals surface area contributed by atoms with Crippen molar-refractivity contribution in [3.63, 3.8) is 0 Å². The van der Waals surface area contributed by atoms with E-state index in [2.05, 4.69) is 14.7 Å². The Hall–Kier alpha value is -3.03. The van der Waals surface area contributed by atoms with Crippen LogP contribution in [0.25, 0.3) is 0 Å². The summed E-state index contributed by atoms with van der Waals surface area (Å²) in [5.74, 6) is -1.51. The van der Waals surface area contributed by atoms with Gasteiger partial charge in [0.15, 0.2) is 5.01 Å². The van der Waals surface area contributed by atoms with Gasteiger partial charge in [0.25, 0.3) is 22.0 Å². The highest BCUT2D eigenvalue weighted by molar-refractivity contribution is 7.11. The van der Waals surface area contributed by atoms with Crippen molar-refractivity contribution in [1.82, 2.24) is 9.88 Å². The van der Waals surface area contributed by atoms with Crippen LogP contribution in [-0.4, -0.2) is 58.2 Å². The Bertz CT molecular complexity index is 585. The van der Waals surface area contributed by atoms with Gasteiger partial charge in [0.1, 0.15) is 18.9 Å². The van der Waals surface area contributed by atoms with Gasteiger partial charge in [-0.2, -0.15) is 0 Å². The fraction of sp³-hybridized carbons (Fsp3) is 0.444. The van der Waals surface area contributed by atoms with Gasteiger partial charge in [0.2, 0.25) is 0 Å². The van der Waals surface area contributed by atoms with Crippen molar-refractivity contribution in [2.45, 2.75) is 0 Å². The molecule has 1 aromatic rings. The number of aromatic nitrogens is 1. The average molecular weight is 349 g/mol. The maximum atomic E-state index is 12.2. The summed E-state index contributed by atoms with van der Waals surface area (Å²) < 4.78 is 0. The number of hydrogen-bond acceptors (Lipinski definition) is 10. The molecule has 14 heteroatoms. The summed E-state index contributed by atoms with van der Waals surface area (Å²) in [6, 6.07) is 0. The molecule has 0 aliphatic carbocycles. The summed E-state index contributed by atoms with van der Waals surface area (Å²) >= 11 is 0.841. The molecule has 0 fully saturated rings. The first-order chi connectivity index (χ1) is 10.8. The zero-order valence-corrected chi connectivity index (χ0v) is 12.3. The second kappa shape index (κ2) is 8.42. The van der Waals surface area contributed by atoms with Gasteiger partial charge >= 0.3 is 0 Å². The van der Waals surface area contributed by atoms with Crippen LogP contribution in [0.4, 0.5) is 0 Å². The molecule has 2 amide bonds. The number of hydrogen-bond donors (Lipinski definition) is 1. The highest BCUT2D eigenvalue weighted by Crippen LogP contribution is 2.12. The van der Waals surface area contributed by atoms with E-state index in [-0.39, 0.29) is 23.8 Å². The van der Waals surface area contributed by atoms with Gasteiger partial charge in [-0.3, -0.25) is 9.59 Å². The lowest BCUT2D eigenvalue weighted by atomic mass is 10.4. The van der Waals surface area contributed by atoms with E-state index < -0.39 is 35.2 Å². The molecule has 23 heavy (non-hydrogen) atoms. The van der Waals surface area contributed by atoms with Gasteiger partial charge in [-0.15, -0.1) is 31.6 Å². The topological polar surface area (TPSA) is 181 Å². The number of carbonyl (C=O) groups is 2. The van der Waals surface area contributed by atoms with Crippen LogP contribution in [0.5, 0.6) is 0 Å². The summed E-state index contributed by atoms with van der Waals surface area (Å²) in [6.07, 6.45) is 0. The van der Waals surface area contributed by atoms with Crippen LogP contribution in [-0.2, 0) is 9.68 Å². The zero-order valence-electron chi connectivity index (χ0n) is 11.4. The van der Waals surface area contributed by atoms with Crippen LogP contribution >= 0.6 is 11.3 Å². The molecule has 0 bridgehead atoms. The van der Waals surface area contributed by atoms with Crippen molar-refractivity contribution >= 4 is 23.2 Å². The van der Waals surface area contributed by atoms with Crippen molar-refractivity contribution in [3.8, 4) is 0 Å². The standard InChI is InChI=1S/C9H11N5O8S/c10-7(15)6-5-23-8(11-6)9(16)12(1-3-21-13(17)18)2-4-22-14(19)20/h5H,1-4H2,(H2,10,15). The molecule has 0 aromatic carbocycles. The maximum Gasteiger partial charge on any atom is 0.294 e. The molecule has 1 rings (SSSR count). The minimum Gasteiger partial charge on any atom is -0.364 e. The molecular weight excluding hydrogens is 338 g/mol. The lowest BCUT2D eigenvalue weighted by molar-refractivity contribution is -0.758. The number of nitrogens with two attached hydrogens (primary N) is 1. The van der Waals surface area contributed by atoms with E-state index in [1.165, 1.54) is 5.38 Å². The Morgan fingerprint density at radius 3 is 2.13 bits per heavy atom. The SMILES string of the molecule is NC(=O)c1csc(C(=O)N(CCO[N+](=O)[O-])CCO[N+](=O)[O-])n1. The van der Waals surface area contributed by atoms with E-state index in [1.54, 1.807) is 0 Å². The summed E-state index contributed by atoms with van der Waals surface area (Å²) in [6.45, 7) is -1.34. The molecule has 0 radical (unpaired) electrons. The minimum absolute atomic E-state index is 0.0963. The van der Waals surface area contributed by atoms with Gasteiger partial charge in [-0.1, -0.05) is 0 Å². The van der Waals surface area contributed by atoms with E-state index in [9.17, 15) is 29.8 Å². The molecule has 0 aliphatic heterocycles. The highest BCUT2D eigenvalue weighted by atomic mass is 32.1. The molecule has 1 heterocycles. The Morgan fingerprint density at radius 1 is 1.22 bits per heavy atom. The van der Waals surface area contributed by atoms with Crippen molar-refractivity contribution in [2.24, 2.45) is 5.73 Å². The number of nitrogens with zero attached hydrogens (tertiary/aromatic N) is 4. The lowest BCUT2D eigenvalue weighted by Gasteiger charge is -2.20. The number of amides is 2. The van der Waals surface area contributed by atoms with Gasteiger partial charge in [0, 0.05) is 18.5 Å². The Labute approximate surface area is 131 Å². The Kier molecular flexibility index (Phi) is 6.60. The summed E-state index contributed by atoms with van der Waals surface area (Å²) in [4.78, 5) is 56.3. The Morgan fingerprint density at radius 2 is 1.74 bits per heavy atom. The number of thiazole rings is 1. The minimum atomic E-state index is -1.04. The normalized spacial score (nSPS) is 9.91. The van der Waals surface area contributed by atoms with Gasteiger partial charge in [-0.05, 0) is 0 Å². The van der Waals surface area contributed by atoms with Gasteiger partial charge in [0.05, 0.1) is 0 Å². The molecule has 126 valence electrons. The second-order valence-electron chi connectivity index (χ2n) is 3.81. The fourth-order valence-corrected chi connectivity index (χ4v) is 2.16. The number of rotatable bonds is 10. The second-order valence-corrected chi connectivity index (χ2v) is 4.67. The van der Waals surface area contributed by atoms with E-state index in [1.807, 2.05) is 0 Å². The fourth-order valence-electron chi connectivity index (χ4n) is 1.39. The molecule has 0 aliphatic rings. The molecule has 0 atom stereocenters. The van der Waals surface area contributed by atoms with E-state index in [0.717, 1.165) is 16.2 Å². The first kappa shape index (κ1) is 18.0. The predicted octanol–water partition coefficient (Wildman–Crippen LogP) is -0.899. The van der Waals surface area contributed by atoms with E-state index in [4.69, 9.17) is 5.73 Å². The zero-order chi connectivity index (χ0) is 17.4. The van der Waals surface area contributed by atoms with Crippen LogP contribution in [0.2, 0.25) is 0 Å². The third-order valence-electron chi connectivity index (χ3n) is 2.34. The molecule has 13 nitrogen and oxygen atoms in total. The monoisotopic (exact) mass is 349 g/mol. The smallest absolute Gasteiger partial charge is 0.294 e. The van der Waals surface area contributed by atoms with Gasteiger partial charge in [-0.25, -0.2) is 4.98 Å². The third-order valence-corrected chi connectivity index (χ3v) is 3.17. The lowest BCUT2D eigenvalue weighted by Crippen LogP contribution is -2.37. The largest absolute Gasteiger partial charge is 0.364 e. The van der Waals surface area contributed by atoms with Crippen molar-refractivity contribution in [2.75, 3.05) is 26.3 Å². The first-order valence-corrected chi connectivity index (χ1v) is 6.78. The first-order valence-electron chi connectivity index (χ1n) is 5.90. The van der Waals surface area contributed by atoms with Crippen LogP contribution < -0.4 is 5.73 Å². The van der Waals surface area contributed by atoms with Crippen LogP contribution in [0, 0.1) is 20.2 Å². The maximum absolute atomic E-state index is 12.2. The summed E-state index contributed by atoms with van der Waals surface area (Å²) in [7, 11) is 0. The highest BCUT2D eigenvalue weighted by Gasteiger charge is 2.21. The van der Waals surface area contributed by atoms with Crippen molar-refractivity contribution in [3.05, 3.63) is 36.3 Å². The van der Waals surface area contributed by atoms with Crippen molar-refractivity contribution in [1.29, 1.82) is 0 Å².